The van der Waals surface area contributed by atoms with Gasteiger partial charge in [-0.2, -0.15) is 0 Å². The molecule has 4 rings (SSSR count). The van der Waals surface area contributed by atoms with Crippen LogP contribution < -0.4 is 4.74 Å². The number of aryl methyl sites for hydroxylation is 2. The van der Waals surface area contributed by atoms with Gasteiger partial charge in [0.1, 0.15) is 11.6 Å². The number of ether oxygens (including phenoxy) is 1. The van der Waals surface area contributed by atoms with E-state index in [-0.39, 0.29) is 17.7 Å². The van der Waals surface area contributed by atoms with Crippen molar-refractivity contribution < 1.29 is 14.3 Å². The number of methoxy groups -OCH3 is 1. The van der Waals surface area contributed by atoms with Gasteiger partial charge in [0.05, 0.1) is 18.4 Å². The smallest absolute Gasteiger partial charge is 0.257 e. The highest BCUT2D eigenvalue weighted by atomic mass is 16.5. The lowest BCUT2D eigenvalue weighted by Crippen LogP contribution is -2.38. The minimum Gasteiger partial charge on any atom is -0.496 e. The van der Waals surface area contributed by atoms with Crippen molar-refractivity contribution in [1.82, 2.24) is 19.8 Å². The molecule has 0 atom stereocenters. The van der Waals surface area contributed by atoms with Crippen LogP contribution in [0.2, 0.25) is 0 Å². The molecule has 0 saturated carbocycles. The number of nitrogens with zero attached hydrogens (tertiary/aromatic N) is 4. The predicted molar refractivity (Wildman–Crippen MR) is 122 cm³/mol. The van der Waals surface area contributed by atoms with Crippen LogP contribution in [-0.4, -0.2) is 64.9 Å². The summed E-state index contributed by atoms with van der Waals surface area (Å²) in [6.07, 6.45) is 6.69. The molecular formula is C25H32N4O3. The molecule has 0 bridgehead atoms. The second-order valence-corrected chi connectivity index (χ2v) is 8.69. The maximum absolute atomic E-state index is 12.7. The highest BCUT2D eigenvalue weighted by Crippen LogP contribution is 2.27. The van der Waals surface area contributed by atoms with Gasteiger partial charge in [-0.15, -0.1) is 0 Å². The standard InChI is InChI=1S/C25H32N4O3/c1-18-21(25(31)29-13-5-6-14-29)17-26-24(27-18)20-11-15-28(16-12-20)23(30)10-9-19-7-3-4-8-22(19)32-2/h3-4,7-8,17,20H,5-6,9-16H2,1-2H3. The third-order valence-corrected chi connectivity index (χ3v) is 6.64. The van der Waals surface area contributed by atoms with E-state index in [1.165, 1.54) is 0 Å². The van der Waals surface area contributed by atoms with Crippen molar-refractivity contribution in [3.63, 3.8) is 0 Å². The molecule has 2 fully saturated rings. The molecule has 2 aliphatic rings. The lowest BCUT2D eigenvalue weighted by atomic mass is 9.95. The Bertz CT molecular complexity index is 963. The van der Waals surface area contributed by atoms with Gasteiger partial charge in [-0.05, 0) is 50.7 Å². The molecule has 3 heterocycles. The molecule has 32 heavy (non-hydrogen) atoms. The minimum atomic E-state index is 0.0435. The van der Waals surface area contributed by atoms with Crippen LogP contribution >= 0.6 is 0 Å². The number of amides is 2. The molecule has 0 spiro atoms. The number of para-hydroxylation sites is 1. The first-order valence-corrected chi connectivity index (χ1v) is 11.6. The number of carbonyl (C=O) groups excluding carboxylic acids is 2. The molecule has 7 nitrogen and oxygen atoms in total. The topological polar surface area (TPSA) is 75.6 Å². The van der Waals surface area contributed by atoms with Gasteiger partial charge < -0.3 is 14.5 Å². The molecule has 2 saturated heterocycles. The Morgan fingerprint density at radius 2 is 1.78 bits per heavy atom. The Balaban J connectivity index is 1.31. The Morgan fingerprint density at radius 1 is 1.06 bits per heavy atom. The van der Waals surface area contributed by atoms with E-state index in [1.54, 1.807) is 13.3 Å². The van der Waals surface area contributed by atoms with Gasteiger partial charge in [-0.25, -0.2) is 9.97 Å². The Kier molecular flexibility index (Phi) is 7.02. The summed E-state index contributed by atoms with van der Waals surface area (Å²) in [5.41, 5.74) is 2.42. The number of hydrogen-bond donors (Lipinski definition) is 0. The van der Waals surface area contributed by atoms with Crippen molar-refractivity contribution in [2.75, 3.05) is 33.3 Å². The van der Waals surface area contributed by atoms with E-state index in [1.807, 2.05) is 41.0 Å². The number of piperidine rings is 1. The lowest BCUT2D eigenvalue weighted by Gasteiger charge is -2.31. The zero-order chi connectivity index (χ0) is 22.5. The Hall–Kier alpha value is -2.96. The fourth-order valence-corrected chi connectivity index (χ4v) is 4.68. The van der Waals surface area contributed by atoms with Gasteiger partial charge >= 0.3 is 0 Å². The summed E-state index contributed by atoms with van der Waals surface area (Å²) in [5, 5.41) is 0. The quantitative estimate of drug-likeness (QED) is 0.694. The van der Waals surface area contributed by atoms with Gasteiger partial charge in [0.25, 0.3) is 5.91 Å². The monoisotopic (exact) mass is 436 g/mol. The van der Waals surface area contributed by atoms with Gasteiger partial charge in [-0.1, -0.05) is 18.2 Å². The largest absolute Gasteiger partial charge is 0.496 e. The molecular weight excluding hydrogens is 404 g/mol. The van der Waals surface area contributed by atoms with Crippen LogP contribution in [0.3, 0.4) is 0 Å². The summed E-state index contributed by atoms with van der Waals surface area (Å²) >= 11 is 0. The molecule has 2 aromatic rings. The van der Waals surface area contributed by atoms with Gasteiger partial charge in [0.15, 0.2) is 0 Å². The summed E-state index contributed by atoms with van der Waals surface area (Å²) in [7, 11) is 1.66. The van der Waals surface area contributed by atoms with E-state index >= 15 is 0 Å². The lowest BCUT2D eigenvalue weighted by molar-refractivity contribution is -0.132. The van der Waals surface area contributed by atoms with E-state index in [0.717, 1.165) is 61.6 Å². The first-order chi connectivity index (χ1) is 15.6. The summed E-state index contributed by atoms with van der Waals surface area (Å²) in [4.78, 5) is 38.5. The number of aromatic nitrogens is 2. The van der Waals surface area contributed by atoms with Crippen molar-refractivity contribution in [2.45, 2.75) is 51.4 Å². The molecule has 0 N–H and O–H groups in total. The van der Waals surface area contributed by atoms with E-state index in [0.29, 0.717) is 31.5 Å². The van der Waals surface area contributed by atoms with Crippen molar-refractivity contribution in [2.24, 2.45) is 0 Å². The third-order valence-electron chi connectivity index (χ3n) is 6.64. The summed E-state index contributed by atoms with van der Waals surface area (Å²) in [6, 6.07) is 7.85. The molecule has 0 unspecified atom stereocenters. The fraction of sp³-hybridized carbons (Fsp3) is 0.520. The molecule has 1 aromatic carbocycles. The van der Waals surface area contributed by atoms with E-state index in [4.69, 9.17) is 4.74 Å². The molecule has 0 radical (unpaired) electrons. The minimum absolute atomic E-state index is 0.0435. The van der Waals surface area contributed by atoms with Crippen LogP contribution in [0.1, 0.15) is 65.5 Å². The predicted octanol–water partition coefficient (Wildman–Crippen LogP) is 3.37. The van der Waals surface area contributed by atoms with Gasteiger partial charge in [-0.3, -0.25) is 9.59 Å². The average Bonchev–Trinajstić information content (AvgIpc) is 3.37. The maximum atomic E-state index is 12.7. The van der Waals surface area contributed by atoms with E-state index in [2.05, 4.69) is 9.97 Å². The fourth-order valence-electron chi connectivity index (χ4n) is 4.68. The van der Waals surface area contributed by atoms with Crippen LogP contribution in [0.5, 0.6) is 5.75 Å². The van der Waals surface area contributed by atoms with Crippen LogP contribution in [0.4, 0.5) is 0 Å². The molecule has 1 aromatic heterocycles. The Morgan fingerprint density at radius 3 is 2.47 bits per heavy atom. The zero-order valence-electron chi connectivity index (χ0n) is 19.0. The van der Waals surface area contributed by atoms with Crippen molar-refractivity contribution in [1.29, 1.82) is 0 Å². The SMILES string of the molecule is COc1ccccc1CCC(=O)N1CCC(c2ncc(C(=O)N3CCCC3)c(C)n2)CC1. The van der Waals surface area contributed by atoms with Crippen LogP contribution in [0.15, 0.2) is 30.5 Å². The van der Waals surface area contributed by atoms with Gasteiger partial charge in [0.2, 0.25) is 5.91 Å². The molecule has 0 aliphatic carbocycles. The first-order valence-electron chi connectivity index (χ1n) is 11.6. The van der Waals surface area contributed by atoms with Crippen molar-refractivity contribution in [3.05, 3.63) is 53.1 Å². The number of rotatable bonds is 6. The van der Waals surface area contributed by atoms with Crippen LogP contribution in [0.25, 0.3) is 0 Å². The molecule has 170 valence electrons. The number of carbonyl (C=O) groups is 2. The third kappa shape index (κ3) is 4.92. The second kappa shape index (κ2) is 10.1. The molecule has 2 aliphatic heterocycles. The number of likely N-dealkylation sites (tertiary alicyclic amines) is 2. The average molecular weight is 437 g/mol. The van der Waals surface area contributed by atoms with Crippen molar-refractivity contribution in [3.8, 4) is 5.75 Å². The van der Waals surface area contributed by atoms with Gasteiger partial charge in [0, 0.05) is 44.7 Å². The van der Waals surface area contributed by atoms with Crippen LogP contribution in [0, 0.1) is 6.92 Å². The number of benzene rings is 1. The highest BCUT2D eigenvalue weighted by molar-refractivity contribution is 5.95. The van der Waals surface area contributed by atoms with Crippen molar-refractivity contribution >= 4 is 11.8 Å². The molecule has 2 amide bonds. The normalized spacial score (nSPS) is 16.9. The second-order valence-electron chi connectivity index (χ2n) is 8.69. The number of hydrogen-bond acceptors (Lipinski definition) is 5. The maximum Gasteiger partial charge on any atom is 0.257 e. The summed E-state index contributed by atoms with van der Waals surface area (Å²) in [5.74, 6) is 2.07. The molecule has 7 heteroatoms. The van der Waals surface area contributed by atoms with Crippen LogP contribution in [-0.2, 0) is 11.2 Å². The highest BCUT2D eigenvalue weighted by Gasteiger charge is 2.27. The zero-order valence-corrected chi connectivity index (χ0v) is 19.0. The van der Waals surface area contributed by atoms with E-state index < -0.39 is 0 Å². The van der Waals surface area contributed by atoms with E-state index in [9.17, 15) is 9.59 Å². The first kappa shape index (κ1) is 22.2. The Labute approximate surface area is 189 Å². The summed E-state index contributed by atoms with van der Waals surface area (Å²) < 4.78 is 5.39. The summed E-state index contributed by atoms with van der Waals surface area (Å²) in [6.45, 7) is 4.97.